The Hall–Kier alpha value is -2.60. The van der Waals surface area contributed by atoms with Crippen molar-refractivity contribution < 1.29 is 14.7 Å². The molecular formula is C21H24ClN3O3. The van der Waals surface area contributed by atoms with E-state index in [2.05, 4.69) is 22.5 Å². The van der Waals surface area contributed by atoms with Crippen LogP contribution in [0.25, 0.3) is 0 Å². The molecule has 1 aromatic carbocycles. The number of halogens is 1. The Morgan fingerprint density at radius 2 is 1.93 bits per heavy atom. The van der Waals surface area contributed by atoms with Crippen molar-refractivity contribution in [2.75, 3.05) is 5.32 Å². The van der Waals surface area contributed by atoms with Crippen LogP contribution < -0.4 is 10.6 Å². The number of hydrogen-bond donors (Lipinski definition) is 3. The molecule has 0 saturated heterocycles. The maximum atomic E-state index is 12.6. The summed E-state index contributed by atoms with van der Waals surface area (Å²) in [6, 6.07) is 7.73. The molecule has 0 atom stereocenters. The molecule has 1 heterocycles. The van der Waals surface area contributed by atoms with Crippen molar-refractivity contribution in [3.05, 3.63) is 52.8 Å². The molecule has 6 nitrogen and oxygen atoms in total. The number of benzene rings is 1. The molecule has 0 unspecified atom stereocenters. The smallest absolute Gasteiger partial charge is 0.270 e. The molecule has 0 bridgehead atoms. The molecule has 3 rings (SSSR count). The van der Waals surface area contributed by atoms with Gasteiger partial charge in [0, 0.05) is 28.0 Å². The van der Waals surface area contributed by atoms with E-state index in [-0.39, 0.29) is 35.2 Å². The minimum atomic E-state index is -0.325. The molecule has 3 N–H and O–H groups in total. The molecule has 0 spiro atoms. The zero-order valence-corrected chi connectivity index (χ0v) is 16.6. The van der Waals surface area contributed by atoms with Gasteiger partial charge in [-0.2, -0.15) is 0 Å². The minimum Gasteiger partial charge on any atom is -0.508 e. The maximum absolute atomic E-state index is 12.6. The largest absolute Gasteiger partial charge is 0.508 e. The highest BCUT2D eigenvalue weighted by Gasteiger charge is 2.29. The molecule has 28 heavy (non-hydrogen) atoms. The molecule has 1 saturated carbocycles. The topological polar surface area (TPSA) is 91.3 Å². The van der Waals surface area contributed by atoms with Gasteiger partial charge in [0.25, 0.3) is 5.91 Å². The van der Waals surface area contributed by atoms with Crippen LogP contribution in [0.2, 0.25) is 5.02 Å². The van der Waals surface area contributed by atoms with Crippen LogP contribution in [-0.2, 0) is 11.2 Å². The average molecular weight is 402 g/mol. The van der Waals surface area contributed by atoms with Crippen LogP contribution in [-0.4, -0.2) is 27.4 Å². The SMILES string of the molecule is CC1(NC(=O)c2cc(NC(=O)Cc3cc(Cl)ccc3O)ccn2)CCCCC1. The summed E-state index contributed by atoms with van der Waals surface area (Å²) in [6.45, 7) is 2.06. The number of aromatic nitrogens is 1. The first-order valence-corrected chi connectivity index (χ1v) is 9.78. The third-order valence-corrected chi connectivity index (χ3v) is 5.28. The number of carbonyl (C=O) groups excluding carboxylic acids is 2. The van der Waals surface area contributed by atoms with Crippen molar-refractivity contribution in [3.8, 4) is 5.75 Å². The monoisotopic (exact) mass is 401 g/mol. The van der Waals surface area contributed by atoms with Crippen LogP contribution in [0.1, 0.15) is 55.1 Å². The molecule has 148 valence electrons. The van der Waals surface area contributed by atoms with Crippen molar-refractivity contribution in [2.45, 2.75) is 51.0 Å². The summed E-state index contributed by atoms with van der Waals surface area (Å²) in [5, 5.41) is 16.1. The van der Waals surface area contributed by atoms with Gasteiger partial charge < -0.3 is 15.7 Å². The van der Waals surface area contributed by atoms with Gasteiger partial charge in [0.2, 0.25) is 5.91 Å². The van der Waals surface area contributed by atoms with Crippen LogP contribution >= 0.6 is 11.6 Å². The number of hydrogen-bond acceptors (Lipinski definition) is 4. The number of nitrogens with one attached hydrogen (secondary N) is 2. The first-order chi connectivity index (χ1) is 13.3. The summed E-state index contributed by atoms with van der Waals surface area (Å²) in [4.78, 5) is 29.0. The first kappa shape index (κ1) is 20.1. The normalized spacial score (nSPS) is 15.6. The number of nitrogens with zero attached hydrogens (tertiary/aromatic N) is 1. The lowest BCUT2D eigenvalue weighted by Crippen LogP contribution is -2.47. The quantitative estimate of drug-likeness (QED) is 0.704. The van der Waals surface area contributed by atoms with Gasteiger partial charge in [-0.3, -0.25) is 14.6 Å². The van der Waals surface area contributed by atoms with Gasteiger partial charge >= 0.3 is 0 Å². The molecule has 1 aromatic heterocycles. The lowest BCUT2D eigenvalue weighted by atomic mass is 9.83. The first-order valence-electron chi connectivity index (χ1n) is 9.40. The fourth-order valence-electron chi connectivity index (χ4n) is 3.50. The van der Waals surface area contributed by atoms with E-state index >= 15 is 0 Å². The Balaban J connectivity index is 1.64. The van der Waals surface area contributed by atoms with Crippen molar-refractivity contribution in [2.24, 2.45) is 0 Å². The Morgan fingerprint density at radius 3 is 2.68 bits per heavy atom. The summed E-state index contributed by atoms with van der Waals surface area (Å²) >= 11 is 5.91. The van der Waals surface area contributed by atoms with E-state index < -0.39 is 0 Å². The van der Waals surface area contributed by atoms with Crippen molar-refractivity contribution >= 4 is 29.1 Å². The number of aromatic hydroxyl groups is 1. The molecule has 2 aromatic rings. The highest BCUT2D eigenvalue weighted by molar-refractivity contribution is 6.30. The van der Waals surface area contributed by atoms with E-state index in [9.17, 15) is 14.7 Å². The number of phenols is 1. The summed E-state index contributed by atoms with van der Waals surface area (Å²) < 4.78 is 0. The highest BCUT2D eigenvalue weighted by atomic mass is 35.5. The van der Waals surface area contributed by atoms with Gasteiger partial charge in [0.05, 0.1) is 6.42 Å². The second-order valence-electron chi connectivity index (χ2n) is 7.50. The molecule has 7 heteroatoms. The fraction of sp³-hybridized carbons (Fsp3) is 0.381. The third-order valence-electron chi connectivity index (χ3n) is 5.04. The minimum absolute atomic E-state index is 0.00932. The predicted molar refractivity (Wildman–Crippen MR) is 109 cm³/mol. The van der Waals surface area contributed by atoms with E-state index in [0.29, 0.717) is 16.3 Å². The lowest BCUT2D eigenvalue weighted by Gasteiger charge is -2.34. The Bertz CT molecular complexity index is 879. The molecule has 0 aliphatic heterocycles. The van der Waals surface area contributed by atoms with E-state index in [1.54, 1.807) is 24.3 Å². The van der Waals surface area contributed by atoms with Gasteiger partial charge in [-0.15, -0.1) is 0 Å². The van der Waals surface area contributed by atoms with Gasteiger partial charge in [-0.05, 0) is 50.1 Å². The molecule has 0 radical (unpaired) electrons. The van der Waals surface area contributed by atoms with Crippen LogP contribution in [0.4, 0.5) is 5.69 Å². The van der Waals surface area contributed by atoms with Gasteiger partial charge in [-0.25, -0.2) is 0 Å². The summed E-state index contributed by atoms with van der Waals surface area (Å²) in [7, 11) is 0. The summed E-state index contributed by atoms with van der Waals surface area (Å²) in [5.41, 5.74) is 0.957. The van der Waals surface area contributed by atoms with Crippen LogP contribution in [0.5, 0.6) is 5.75 Å². The summed E-state index contributed by atoms with van der Waals surface area (Å²) in [5.74, 6) is -0.558. The zero-order valence-electron chi connectivity index (χ0n) is 15.8. The van der Waals surface area contributed by atoms with Crippen molar-refractivity contribution in [1.29, 1.82) is 0 Å². The Kier molecular flexibility index (Phi) is 6.19. The maximum Gasteiger partial charge on any atom is 0.270 e. The van der Waals surface area contributed by atoms with Crippen LogP contribution in [0, 0.1) is 0 Å². The van der Waals surface area contributed by atoms with Gasteiger partial charge in [0.15, 0.2) is 0 Å². The second kappa shape index (κ2) is 8.61. The third kappa shape index (κ3) is 5.23. The lowest BCUT2D eigenvalue weighted by molar-refractivity contribution is -0.115. The van der Waals surface area contributed by atoms with Crippen molar-refractivity contribution in [1.82, 2.24) is 10.3 Å². The molecular weight excluding hydrogens is 378 g/mol. The summed E-state index contributed by atoms with van der Waals surface area (Å²) in [6.07, 6.45) is 6.79. The van der Waals surface area contributed by atoms with Crippen LogP contribution in [0.15, 0.2) is 36.5 Å². The highest BCUT2D eigenvalue weighted by Crippen LogP contribution is 2.28. The molecule has 2 amide bonds. The van der Waals surface area contributed by atoms with E-state index in [1.165, 1.54) is 18.7 Å². The second-order valence-corrected chi connectivity index (χ2v) is 7.94. The Morgan fingerprint density at radius 1 is 1.18 bits per heavy atom. The van der Waals surface area contributed by atoms with Crippen LogP contribution in [0.3, 0.4) is 0 Å². The Labute approximate surface area is 169 Å². The number of rotatable bonds is 5. The zero-order chi connectivity index (χ0) is 20.1. The average Bonchev–Trinajstić information content (AvgIpc) is 2.65. The molecule has 1 fully saturated rings. The number of amides is 2. The van der Waals surface area contributed by atoms with Gasteiger partial charge in [-0.1, -0.05) is 30.9 Å². The van der Waals surface area contributed by atoms with Gasteiger partial charge in [0.1, 0.15) is 11.4 Å². The number of phenolic OH excluding ortho intramolecular Hbond substituents is 1. The number of anilines is 1. The molecule has 1 aliphatic carbocycles. The molecule has 1 aliphatic rings. The van der Waals surface area contributed by atoms with Crippen molar-refractivity contribution in [3.63, 3.8) is 0 Å². The van der Waals surface area contributed by atoms with E-state index in [0.717, 1.165) is 25.7 Å². The predicted octanol–water partition coefficient (Wildman–Crippen LogP) is 4.07. The van der Waals surface area contributed by atoms with E-state index in [4.69, 9.17) is 11.6 Å². The standard InChI is InChI=1S/C21H24ClN3O3/c1-21(8-3-2-4-9-21)25-20(28)17-13-16(7-10-23-17)24-19(27)12-14-11-15(22)5-6-18(14)26/h5-7,10-11,13,26H,2-4,8-9,12H2,1H3,(H,25,28)(H,23,24,27). The number of carbonyl (C=O) groups is 2. The fourth-order valence-corrected chi connectivity index (χ4v) is 3.70. The van der Waals surface area contributed by atoms with E-state index in [1.807, 2.05) is 0 Å². The number of pyridine rings is 1.